The molecule has 0 bridgehead atoms. The van der Waals surface area contributed by atoms with Crippen molar-refractivity contribution >= 4 is 7.85 Å². The molecule has 0 saturated carbocycles. The molecular weight excluding hydrogens is 139 g/mol. The van der Waals surface area contributed by atoms with Gasteiger partial charge in [0, 0.05) is 6.61 Å². The molecule has 64 valence electrons. The maximum Gasteiger partial charge on any atom is 0.0658 e. The zero-order valence-corrected chi connectivity index (χ0v) is 7.16. The van der Waals surface area contributed by atoms with Gasteiger partial charge < -0.3 is 10.2 Å². The Balaban J connectivity index is 3.61. The monoisotopic (exact) mass is 156 g/mol. The lowest BCUT2D eigenvalue weighted by Gasteiger charge is -2.20. The maximum absolute atomic E-state index is 9.40. The van der Waals surface area contributed by atoms with Crippen molar-refractivity contribution in [2.75, 3.05) is 6.61 Å². The van der Waals surface area contributed by atoms with E-state index in [1.807, 2.05) is 0 Å². The first-order valence-corrected chi connectivity index (χ1v) is 4.25. The highest BCUT2D eigenvalue weighted by Gasteiger charge is 2.14. The van der Waals surface area contributed by atoms with Crippen LogP contribution in [0.25, 0.3) is 0 Å². The lowest BCUT2D eigenvalue weighted by atomic mass is 9.83. The Labute approximate surface area is 70.0 Å². The van der Waals surface area contributed by atoms with Crippen LogP contribution in [-0.2, 0) is 0 Å². The molecule has 0 aliphatic heterocycles. The van der Waals surface area contributed by atoms with E-state index in [9.17, 15) is 5.11 Å². The van der Waals surface area contributed by atoms with Crippen LogP contribution in [0.1, 0.15) is 26.2 Å². The van der Waals surface area contributed by atoms with E-state index in [0.29, 0.717) is 12.7 Å². The summed E-state index contributed by atoms with van der Waals surface area (Å²) in [4.78, 5) is 0. The third-order valence-electron chi connectivity index (χ3n) is 1.93. The SMILES string of the molecule is [B]CC(CCC)C(O)CCO. The van der Waals surface area contributed by atoms with Gasteiger partial charge in [-0.3, -0.25) is 0 Å². The van der Waals surface area contributed by atoms with E-state index in [0.717, 1.165) is 12.8 Å². The van der Waals surface area contributed by atoms with Gasteiger partial charge in [0.2, 0.25) is 0 Å². The molecule has 2 N–H and O–H groups in total. The highest BCUT2D eigenvalue weighted by molar-refractivity contribution is 6.08. The summed E-state index contributed by atoms with van der Waals surface area (Å²) in [5, 5.41) is 17.9. The summed E-state index contributed by atoms with van der Waals surface area (Å²) in [5.74, 6) is 0.159. The van der Waals surface area contributed by atoms with E-state index in [2.05, 4.69) is 6.92 Å². The van der Waals surface area contributed by atoms with Crippen LogP contribution in [0.15, 0.2) is 0 Å². The van der Waals surface area contributed by atoms with Gasteiger partial charge in [-0.25, -0.2) is 0 Å². The van der Waals surface area contributed by atoms with Gasteiger partial charge in [0.25, 0.3) is 0 Å². The third-order valence-corrected chi connectivity index (χ3v) is 1.93. The Kier molecular flexibility index (Phi) is 6.67. The molecule has 0 saturated heterocycles. The van der Waals surface area contributed by atoms with E-state index in [1.165, 1.54) is 0 Å². The van der Waals surface area contributed by atoms with Crippen LogP contribution >= 0.6 is 0 Å². The summed E-state index contributed by atoms with van der Waals surface area (Å²) in [7, 11) is 5.45. The summed E-state index contributed by atoms with van der Waals surface area (Å²) in [5.41, 5.74) is 0. The Bertz CT molecular complexity index is 88.2. The van der Waals surface area contributed by atoms with Crippen LogP contribution in [0.2, 0.25) is 6.32 Å². The van der Waals surface area contributed by atoms with Gasteiger partial charge in [-0.1, -0.05) is 19.7 Å². The number of aliphatic hydroxyl groups is 2. The molecule has 2 radical (unpaired) electrons. The highest BCUT2D eigenvalue weighted by Crippen LogP contribution is 2.16. The van der Waals surface area contributed by atoms with Crippen LogP contribution in [-0.4, -0.2) is 30.8 Å². The summed E-state index contributed by atoms with van der Waals surface area (Å²) in [6.45, 7) is 2.11. The van der Waals surface area contributed by atoms with Crippen molar-refractivity contribution in [3.05, 3.63) is 0 Å². The zero-order chi connectivity index (χ0) is 8.69. The summed E-state index contributed by atoms with van der Waals surface area (Å²) >= 11 is 0. The van der Waals surface area contributed by atoms with Crippen molar-refractivity contribution in [2.45, 2.75) is 38.6 Å². The van der Waals surface area contributed by atoms with E-state index < -0.39 is 6.10 Å². The van der Waals surface area contributed by atoms with Gasteiger partial charge in [-0.05, 0) is 18.8 Å². The predicted molar refractivity (Wildman–Crippen MR) is 46.7 cm³/mol. The number of aliphatic hydroxyl groups excluding tert-OH is 2. The fourth-order valence-corrected chi connectivity index (χ4v) is 1.21. The van der Waals surface area contributed by atoms with Crippen molar-refractivity contribution in [3.8, 4) is 0 Å². The van der Waals surface area contributed by atoms with E-state index in [4.69, 9.17) is 13.0 Å². The zero-order valence-electron chi connectivity index (χ0n) is 7.16. The molecule has 0 aromatic rings. The summed E-state index contributed by atoms with van der Waals surface area (Å²) < 4.78 is 0. The standard InChI is InChI=1S/C8H17BO2/c1-2-3-7(6-9)8(11)4-5-10/h7-8,10-11H,2-6H2,1H3. The first kappa shape index (κ1) is 11.0. The molecule has 0 spiro atoms. The van der Waals surface area contributed by atoms with Crippen molar-refractivity contribution < 1.29 is 10.2 Å². The highest BCUT2D eigenvalue weighted by atomic mass is 16.3. The number of hydrogen-bond acceptors (Lipinski definition) is 2. The van der Waals surface area contributed by atoms with E-state index in [1.54, 1.807) is 0 Å². The van der Waals surface area contributed by atoms with Gasteiger partial charge in [0.05, 0.1) is 14.0 Å². The molecule has 0 heterocycles. The Hall–Kier alpha value is -0.0151. The average Bonchev–Trinajstić information content (AvgIpc) is 2.00. The molecule has 0 aliphatic carbocycles. The van der Waals surface area contributed by atoms with Crippen molar-refractivity contribution in [2.24, 2.45) is 5.92 Å². The van der Waals surface area contributed by atoms with Crippen molar-refractivity contribution in [1.82, 2.24) is 0 Å². The minimum Gasteiger partial charge on any atom is -0.396 e. The lowest BCUT2D eigenvalue weighted by Crippen LogP contribution is -2.21. The van der Waals surface area contributed by atoms with E-state index in [-0.39, 0.29) is 12.5 Å². The predicted octanol–water partition coefficient (Wildman–Crippen LogP) is 0.733. The van der Waals surface area contributed by atoms with Gasteiger partial charge >= 0.3 is 0 Å². The minimum absolute atomic E-state index is 0.0430. The number of rotatable bonds is 6. The van der Waals surface area contributed by atoms with Crippen LogP contribution in [0, 0.1) is 5.92 Å². The molecule has 0 aliphatic rings. The molecule has 0 fully saturated rings. The molecule has 11 heavy (non-hydrogen) atoms. The minimum atomic E-state index is -0.426. The quantitative estimate of drug-likeness (QED) is 0.556. The van der Waals surface area contributed by atoms with Gasteiger partial charge in [0.1, 0.15) is 0 Å². The van der Waals surface area contributed by atoms with Gasteiger partial charge in [-0.15, -0.1) is 0 Å². The molecule has 0 amide bonds. The summed E-state index contributed by atoms with van der Waals surface area (Å²) in [6.07, 6.45) is 2.50. The Morgan fingerprint density at radius 3 is 2.36 bits per heavy atom. The van der Waals surface area contributed by atoms with Gasteiger partial charge in [-0.2, -0.15) is 0 Å². The molecule has 2 unspecified atom stereocenters. The summed E-state index contributed by atoms with van der Waals surface area (Å²) in [6, 6.07) is 0. The Morgan fingerprint density at radius 2 is 2.00 bits per heavy atom. The molecule has 0 aromatic heterocycles. The van der Waals surface area contributed by atoms with Crippen LogP contribution < -0.4 is 0 Å². The van der Waals surface area contributed by atoms with Crippen LogP contribution in [0.3, 0.4) is 0 Å². The average molecular weight is 156 g/mol. The maximum atomic E-state index is 9.40. The Morgan fingerprint density at radius 1 is 1.36 bits per heavy atom. The second kappa shape index (κ2) is 6.68. The molecule has 2 nitrogen and oxygen atoms in total. The molecule has 2 atom stereocenters. The van der Waals surface area contributed by atoms with Gasteiger partial charge in [0.15, 0.2) is 0 Å². The lowest BCUT2D eigenvalue weighted by molar-refractivity contribution is 0.0822. The normalized spacial score (nSPS) is 16.3. The second-order valence-corrected chi connectivity index (χ2v) is 2.86. The molecule has 0 rings (SSSR count). The molecular formula is C8H17BO2. The fourth-order valence-electron chi connectivity index (χ4n) is 1.21. The molecule has 3 heteroatoms. The largest absolute Gasteiger partial charge is 0.396 e. The first-order chi connectivity index (χ1) is 5.26. The smallest absolute Gasteiger partial charge is 0.0658 e. The second-order valence-electron chi connectivity index (χ2n) is 2.86. The van der Waals surface area contributed by atoms with Crippen LogP contribution in [0.4, 0.5) is 0 Å². The van der Waals surface area contributed by atoms with Crippen LogP contribution in [0.5, 0.6) is 0 Å². The molecule has 0 aromatic carbocycles. The van der Waals surface area contributed by atoms with E-state index >= 15 is 0 Å². The number of hydrogen-bond donors (Lipinski definition) is 2. The van der Waals surface area contributed by atoms with Crippen molar-refractivity contribution in [1.29, 1.82) is 0 Å². The third kappa shape index (κ3) is 4.43. The topological polar surface area (TPSA) is 40.5 Å². The van der Waals surface area contributed by atoms with Crippen molar-refractivity contribution in [3.63, 3.8) is 0 Å². The first-order valence-electron chi connectivity index (χ1n) is 4.25. The fraction of sp³-hybridized carbons (Fsp3) is 1.00.